The van der Waals surface area contributed by atoms with E-state index in [-0.39, 0.29) is 23.8 Å². The fraction of sp³-hybridized carbons (Fsp3) is 0.556. The van der Waals surface area contributed by atoms with E-state index in [1.54, 1.807) is 11.9 Å². The van der Waals surface area contributed by atoms with Crippen LogP contribution in [-0.4, -0.2) is 51.6 Å². The molecule has 1 aromatic rings. The minimum Gasteiger partial charge on any atom is -0.486 e. The predicted molar refractivity (Wildman–Crippen MR) is 92.3 cm³/mol. The molecule has 0 radical (unpaired) electrons. The van der Waals surface area contributed by atoms with Gasteiger partial charge >= 0.3 is 0 Å². The molecule has 4 aliphatic heterocycles. The molecule has 3 fully saturated rings. The molecule has 1 aromatic carbocycles. The first-order chi connectivity index (χ1) is 11.9. The van der Waals surface area contributed by atoms with E-state index in [0.717, 1.165) is 17.1 Å². The molecule has 0 aliphatic carbocycles. The van der Waals surface area contributed by atoms with Crippen molar-refractivity contribution in [2.24, 2.45) is 5.92 Å². The number of hydrogen-bond acceptors (Lipinski definition) is 5. The van der Waals surface area contributed by atoms with Crippen molar-refractivity contribution in [2.75, 3.05) is 20.3 Å². The van der Waals surface area contributed by atoms with Crippen molar-refractivity contribution in [2.45, 2.75) is 36.1 Å². The van der Waals surface area contributed by atoms with Crippen LogP contribution in [-0.2, 0) is 9.59 Å². The van der Waals surface area contributed by atoms with E-state index in [4.69, 9.17) is 9.47 Å². The molecule has 132 valence electrons. The number of carbonyl (C=O) groups excluding carboxylic acids is 2. The smallest absolute Gasteiger partial charge is 0.260 e. The molecule has 5 rings (SSSR count). The Morgan fingerprint density at radius 2 is 1.88 bits per heavy atom. The standard InChI is InChI=1S/C18H20N2O4S/c1-10-9-18-16(22)19(3)17(2,25-18)15(21)20(18)14(10)11-4-5-12-13(8-11)24-7-6-23-12/h4-5,8,10,14H,6-7,9H2,1-3H3/t10-,14-,17+,18+/m1/s1. The quantitative estimate of drug-likeness (QED) is 0.767. The van der Waals surface area contributed by atoms with Crippen LogP contribution >= 0.6 is 11.8 Å². The molecule has 6 nitrogen and oxygen atoms in total. The number of fused-ring (bicyclic) bond motifs is 2. The summed E-state index contributed by atoms with van der Waals surface area (Å²) in [5.74, 6) is 1.73. The number of benzene rings is 1. The highest BCUT2D eigenvalue weighted by Gasteiger charge is 2.76. The largest absolute Gasteiger partial charge is 0.486 e. The molecule has 1 spiro atoms. The van der Waals surface area contributed by atoms with Crippen molar-refractivity contribution in [3.8, 4) is 11.5 Å². The van der Waals surface area contributed by atoms with Gasteiger partial charge in [0.15, 0.2) is 21.2 Å². The average Bonchev–Trinajstić information content (AvgIpc) is 3.09. The van der Waals surface area contributed by atoms with Crippen LogP contribution in [0.4, 0.5) is 0 Å². The number of likely N-dealkylation sites (N-methyl/N-ethyl adjacent to an activating group) is 1. The van der Waals surface area contributed by atoms with E-state index < -0.39 is 9.74 Å². The van der Waals surface area contributed by atoms with Crippen LogP contribution in [0, 0.1) is 5.92 Å². The molecule has 2 bridgehead atoms. The first-order valence-corrected chi connectivity index (χ1v) is 9.42. The second-order valence-electron chi connectivity index (χ2n) is 7.44. The second-order valence-corrected chi connectivity index (χ2v) is 9.11. The van der Waals surface area contributed by atoms with Gasteiger partial charge in [0.05, 0.1) is 6.04 Å². The molecule has 0 N–H and O–H groups in total. The van der Waals surface area contributed by atoms with E-state index in [0.29, 0.717) is 19.6 Å². The van der Waals surface area contributed by atoms with Crippen molar-refractivity contribution < 1.29 is 19.1 Å². The van der Waals surface area contributed by atoms with Crippen molar-refractivity contribution in [3.63, 3.8) is 0 Å². The topological polar surface area (TPSA) is 59.1 Å². The number of amides is 2. The Kier molecular flexibility index (Phi) is 2.85. The Morgan fingerprint density at radius 3 is 2.64 bits per heavy atom. The van der Waals surface area contributed by atoms with Gasteiger partial charge in [0.25, 0.3) is 11.8 Å². The third-order valence-corrected chi connectivity index (χ3v) is 7.70. The number of rotatable bonds is 1. The molecule has 4 heterocycles. The maximum Gasteiger partial charge on any atom is 0.260 e. The predicted octanol–water partition coefficient (Wildman–Crippen LogP) is 2.00. The third kappa shape index (κ3) is 1.67. The lowest BCUT2D eigenvalue weighted by molar-refractivity contribution is -0.159. The fourth-order valence-electron chi connectivity index (χ4n) is 4.73. The van der Waals surface area contributed by atoms with Crippen molar-refractivity contribution in [1.82, 2.24) is 9.80 Å². The Balaban J connectivity index is 1.60. The zero-order chi connectivity index (χ0) is 17.6. The van der Waals surface area contributed by atoms with Gasteiger partial charge in [0.1, 0.15) is 13.2 Å². The van der Waals surface area contributed by atoms with E-state index >= 15 is 0 Å². The van der Waals surface area contributed by atoms with E-state index in [2.05, 4.69) is 6.92 Å². The summed E-state index contributed by atoms with van der Waals surface area (Å²) < 4.78 is 11.3. The maximum absolute atomic E-state index is 13.2. The molecule has 0 unspecified atom stereocenters. The first-order valence-electron chi connectivity index (χ1n) is 8.60. The van der Waals surface area contributed by atoms with Crippen LogP contribution < -0.4 is 9.47 Å². The van der Waals surface area contributed by atoms with Crippen molar-refractivity contribution in [3.05, 3.63) is 23.8 Å². The summed E-state index contributed by atoms with van der Waals surface area (Å²) in [5, 5.41) is 0. The highest BCUT2D eigenvalue weighted by molar-refractivity contribution is 8.04. The summed E-state index contributed by atoms with van der Waals surface area (Å²) in [5.41, 5.74) is 1.01. The van der Waals surface area contributed by atoms with Gasteiger partial charge in [-0.2, -0.15) is 0 Å². The van der Waals surface area contributed by atoms with E-state index in [1.165, 1.54) is 11.8 Å². The highest BCUT2D eigenvalue weighted by Crippen LogP contribution is 2.66. The number of ether oxygens (including phenoxy) is 2. The van der Waals surface area contributed by atoms with E-state index in [9.17, 15) is 9.59 Å². The lowest BCUT2D eigenvalue weighted by Gasteiger charge is -2.39. The SMILES string of the molecule is C[C@@H]1C[C@@]23S[C@@](C)(C(=O)N2[C@H]1c1ccc2c(c1)OCCO2)N(C)C3=O. The van der Waals surface area contributed by atoms with Crippen LogP contribution in [0.3, 0.4) is 0 Å². The number of carbonyl (C=O) groups is 2. The van der Waals surface area contributed by atoms with Gasteiger partial charge in [-0.15, -0.1) is 0 Å². The first kappa shape index (κ1) is 15.4. The monoisotopic (exact) mass is 360 g/mol. The summed E-state index contributed by atoms with van der Waals surface area (Å²) in [7, 11) is 1.74. The summed E-state index contributed by atoms with van der Waals surface area (Å²) in [6.45, 7) is 5.05. The number of piperazine rings is 1. The molecule has 4 aliphatic rings. The van der Waals surface area contributed by atoms with Gasteiger partial charge in [-0.05, 0) is 37.0 Å². The third-order valence-electron chi connectivity index (χ3n) is 5.97. The lowest BCUT2D eigenvalue weighted by atomic mass is 9.94. The Bertz CT molecular complexity index is 814. The molecule has 4 atom stereocenters. The van der Waals surface area contributed by atoms with Gasteiger partial charge in [0.2, 0.25) is 0 Å². The summed E-state index contributed by atoms with van der Waals surface area (Å²) in [6.07, 6.45) is 0.682. The van der Waals surface area contributed by atoms with Gasteiger partial charge in [-0.25, -0.2) is 0 Å². The number of hydrogen-bond donors (Lipinski definition) is 0. The van der Waals surface area contributed by atoms with Gasteiger partial charge in [-0.1, -0.05) is 24.8 Å². The molecule has 2 amide bonds. The minimum atomic E-state index is -0.788. The van der Waals surface area contributed by atoms with Crippen molar-refractivity contribution in [1.29, 1.82) is 0 Å². The van der Waals surface area contributed by atoms with Gasteiger partial charge in [-0.3, -0.25) is 9.59 Å². The Hall–Kier alpha value is -1.89. The molecule has 3 saturated heterocycles. The maximum atomic E-state index is 13.2. The molecular weight excluding hydrogens is 340 g/mol. The zero-order valence-electron chi connectivity index (χ0n) is 14.4. The normalized spacial score (nSPS) is 38.5. The zero-order valence-corrected chi connectivity index (χ0v) is 15.3. The lowest BCUT2D eigenvalue weighted by Crippen LogP contribution is -2.60. The summed E-state index contributed by atoms with van der Waals surface area (Å²) >= 11 is 1.50. The molecular formula is C18H20N2O4S. The Labute approximate surface area is 150 Å². The van der Waals surface area contributed by atoms with Gasteiger partial charge < -0.3 is 19.3 Å². The van der Waals surface area contributed by atoms with Crippen LogP contribution in [0.5, 0.6) is 11.5 Å². The Morgan fingerprint density at radius 1 is 1.16 bits per heavy atom. The van der Waals surface area contributed by atoms with E-state index in [1.807, 2.05) is 30.0 Å². The number of nitrogens with zero attached hydrogens (tertiary/aromatic N) is 2. The van der Waals surface area contributed by atoms with Crippen LogP contribution in [0.15, 0.2) is 18.2 Å². The van der Waals surface area contributed by atoms with Gasteiger partial charge in [0, 0.05) is 7.05 Å². The fourth-order valence-corrected chi connectivity index (χ4v) is 6.65. The summed E-state index contributed by atoms with van der Waals surface area (Å²) in [4.78, 5) is 28.1. The van der Waals surface area contributed by atoms with Crippen LogP contribution in [0.25, 0.3) is 0 Å². The second kappa shape index (κ2) is 4.63. The van der Waals surface area contributed by atoms with Crippen LogP contribution in [0.2, 0.25) is 0 Å². The van der Waals surface area contributed by atoms with Crippen molar-refractivity contribution >= 4 is 23.6 Å². The average molecular weight is 360 g/mol. The van der Waals surface area contributed by atoms with Crippen LogP contribution in [0.1, 0.15) is 31.9 Å². The molecule has 25 heavy (non-hydrogen) atoms. The highest BCUT2D eigenvalue weighted by atomic mass is 32.2. The molecule has 0 aromatic heterocycles. The minimum absolute atomic E-state index is 0.0313. The molecule has 0 saturated carbocycles. The molecule has 7 heteroatoms. The summed E-state index contributed by atoms with van der Waals surface area (Å²) in [6, 6.07) is 5.75. The number of thioether (sulfide) groups is 1.